The topological polar surface area (TPSA) is 63.3 Å². The fourth-order valence-electron chi connectivity index (χ4n) is 0.833. The molecule has 5 heteroatoms. The summed E-state index contributed by atoms with van der Waals surface area (Å²) >= 11 is 11.2. The molecule has 0 spiro atoms. The van der Waals surface area contributed by atoms with Gasteiger partial charge in [0.1, 0.15) is 0 Å². The summed E-state index contributed by atoms with van der Waals surface area (Å²) in [7, 11) is 0. The van der Waals surface area contributed by atoms with Gasteiger partial charge in [-0.15, -0.1) is 0 Å². The van der Waals surface area contributed by atoms with Crippen molar-refractivity contribution in [2.24, 2.45) is 5.73 Å². The minimum atomic E-state index is -0.893. The quantitative estimate of drug-likeness (QED) is 0.797. The molecule has 0 heterocycles. The average Bonchev–Trinajstić information content (AvgIpc) is 2.12. The van der Waals surface area contributed by atoms with E-state index in [9.17, 15) is 9.90 Å². The van der Waals surface area contributed by atoms with E-state index in [1.165, 1.54) is 12.1 Å². The van der Waals surface area contributed by atoms with Crippen LogP contribution in [0.15, 0.2) is 12.1 Å². The highest BCUT2D eigenvalue weighted by atomic mass is 35.5. The molecule has 1 aromatic carbocycles. The molecule has 0 aromatic heterocycles. The van der Waals surface area contributed by atoms with Crippen LogP contribution >= 0.6 is 23.2 Å². The summed E-state index contributed by atoms with van der Waals surface area (Å²) < 4.78 is 0. The van der Waals surface area contributed by atoms with Gasteiger partial charge in [0.25, 0.3) is 0 Å². The zero-order valence-electron chi connectivity index (χ0n) is 6.42. The maximum atomic E-state index is 10.2. The molecule has 1 unspecified atom stereocenters. The Balaban J connectivity index is 3.20. The van der Waals surface area contributed by atoms with E-state index < -0.39 is 6.04 Å². The van der Waals surface area contributed by atoms with Crippen LogP contribution in [-0.2, 0) is 4.79 Å². The highest BCUT2D eigenvalue weighted by Crippen LogP contribution is 2.33. The van der Waals surface area contributed by atoms with Crippen LogP contribution in [-0.4, -0.2) is 11.4 Å². The summed E-state index contributed by atoms with van der Waals surface area (Å²) in [5.41, 5.74) is 5.78. The number of carbonyl (C=O) groups excluding carboxylic acids is 1. The molecule has 0 aliphatic heterocycles. The number of hydrogen-bond acceptors (Lipinski definition) is 3. The van der Waals surface area contributed by atoms with Gasteiger partial charge < -0.3 is 10.8 Å². The Kier molecular flexibility index (Phi) is 3.14. The maximum Gasteiger partial charge on any atom is 0.221 e. The van der Waals surface area contributed by atoms with Crippen molar-refractivity contribution in [1.29, 1.82) is 0 Å². The molecule has 1 radical (unpaired) electrons. The van der Waals surface area contributed by atoms with Gasteiger partial charge in [-0.2, -0.15) is 0 Å². The Bertz CT molecular complexity index is 318. The van der Waals surface area contributed by atoms with Crippen LogP contribution < -0.4 is 5.73 Å². The monoisotopic (exact) mass is 218 g/mol. The zero-order chi connectivity index (χ0) is 10.0. The Morgan fingerprint density at radius 2 is 1.85 bits per heavy atom. The smallest absolute Gasteiger partial charge is 0.221 e. The molecule has 3 nitrogen and oxygen atoms in total. The van der Waals surface area contributed by atoms with Crippen molar-refractivity contribution < 1.29 is 9.90 Å². The van der Waals surface area contributed by atoms with Crippen molar-refractivity contribution >= 4 is 29.5 Å². The summed E-state index contributed by atoms with van der Waals surface area (Å²) in [6, 6.07) is 1.85. The molecule has 13 heavy (non-hydrogen) atoms. The standard InChI is InChI=1S/C8H6Cl2NO2/c9-5-1-4(7(11)3-12)2-6(10)8(5)13/h1-2,7,13H,11H2. The lowest BCUT2D eigenvalue weighted by atomic mass is 10.1. The number of phenols is 1. The largest absolute Gasteiger partial charge is 0.505 e. The first-order valence-corrected chi connectivity index (χ1v) is 4.13. The fourth-order valence-corrected chi connectivity index (χ4v) is 1.34. The van der Waals surface area contributed by atoms with E-state index in [1.54, 1.807) is 6.29 Å². The van der Waals surface area contributed by atoms with Crippen LogP contribution in [0, 0.1) is 0 Å². The number of nitrogens with two attached hydrogens (primary N) is 1. The van der Waals surface area contributed by atoms with Gasteiger partial charge in [-0.1, -0.05) is 23.2 Å². The van der Waals surface area contributed by atoms with Crippen molar-refractivity contribution in [3.8, 4) is 5.75 Å². The van der Waals surface area contributed by atoms with Crippen LogP contribution in [0.5, 0.6) is 5.75 Å². The zero-order valence-corrected chi connectivity index (χ0v) is 7.93. The molecule has 0 saturated heterocycles. The first-order chi connectivity index (χ1) is 6.06. The minimum absolute atomic E-state index is 0.0631. The number of hydrogen-bond donors (Lipinski definition) is 2. The third kappa shape index (κ3) is 2.12. The van der Waals surface area contributed by atoms with E-state index in [0.29, 0.717) is 5.56 Å². The Hall–Kier alpha value is -0.770. The highest BCUT2D eigenvalue weighted by molar-refractivity contribution is 6.37. The molecule has 0 aliphatic rings. The van der Waals surface area contributed by atoms with Crippen LogP contribution in [0.1, 0.15) is 11.6 Å². The molecular formula is C8H6Cl2NO2. The first kappa shape index (κ1) is 10.3. The Morgan fingerprint density at radius 3 is 2.23 bits per heavy atom. The normalized spacial score (nSPS) is 12.5. The molecule has 0 aliphatic carbocycles. The molecular weight excluding hydrogens is 213 g/mol. The maximum absolute atomic E-state index is 10.2. The van der Waals surface area contributed by atoms with Crippen molar-refractivity contribution in [2.75, 3.05) is 0 Å². The van der Waals surface area contributed by atoms with E-state index in [2.05, 4.69) is 0 Å². The van der Waals surface area contributed by atoms with Crippen LogP contribution in [0.2, 0.25) is 10.0 Å². The van der Waals surface area contributed by atoms with Gasteiger partial charge in [-0.3, -0.25) is 4.79 Å². The third-order valence-electron chi connectivity index (χ3n) is 1.53. The molecule has 0 amide bonds. The second kappa shape index (κ2) is 3.96. The van der Waals surface area contributed by atoms with E-state index in [4.69, 9.17) is 28.9 Å². The van der Waals surface area contributed by atoms with Gasteiger partial charge in [-0.25, -0.2) is 0 Å². The summed E-state index contributed by atoms with van der Waals surface area (Å²) in [6.45, 7) is 0. The number of aromatic hydroxyl groups is 1. The summed E-state index contributed by atoms with van der Waals surface area (Å²) in [6.07, 6.45) is 1.58. The summed E-state index contributed by atoms with van der Waals surface area (Å²) in [5.74, 6) is -0.217. The number of phenolic OH excluding ortho intramolecular Hbond substituents is 1. The predicted octanol–water partition coefficient (Wildman–Crippen LogP) is 1.81. The molecule has 1 atom stereocenters. The van der Waals surface area contributed by atoms with Crippen molar-refractivity contribution in [3.63, 3.8) is 0 Å². The van der Waals surface area contributed by atoms with Gasteiger partial charge >= 0.3 is 0 Å². The second-order valence-electron chi connectivity index (χ2n) is 2.43. The van der Waals surface area contributed by atoms with Gasteiger partial charge in [0.05, 0.1) is 16.1 Å². The molecule has 1 rings (SSSR count). The average molecular weight is 219 g/mol. The van der Waals surface area contributed by atoms with Crippen LogP contribution in [0.4, 0.5) is 0 Å². The van der Waals surface area contributed by atoms with Crippen LogP contribution in [0.25, 0.3) is 0 Å². The summed E-state index contributed by atoms with van der Waals surface area (Å²) in [5, 5.41) is 9.31. The van der Waals surface area contributed by atoms with Crippen molar-refractivity contribution in [3.05, 3.63) is 27.7 Å². The number of halogens is 2. The molecule has 0 fully saturated rings. The van der Waals surface area contributed by atoms with E-state index in [1.807, 2.05) is 0 Å². The van der Waals surface area contributed by atoms with E-state index in [-0.39, 0.29) is 15.8 Å². The van der Waals surface area contributed by atoms with Gasteiger partial charge in [-0.05, 0) is 17.7 Å². The van der Waals surface area contributed by atoms with E-state index >= 15 is 0 Å². The fraction of sp³-hybridized carbons (Fsp3) is 0.125. The lowest BCUT2D eigenvalue weighted by molar-refractivity contribution is 0.475. The third-order valence-corrected chi connectivity index (χ3v) is 2.10. The van der Waals surface area contributed by atoms with Crippen molar-refractivity contribution in [2.45, 2.75) is 6.04 Å². The SMILES string of the molecule is NC([C]=O)c1cc(Cl)c(O)c(Cl)c1. The van der Waals surface area contributed by atoms with E-state index in [0.717, 1.165) is 0 Å². The lowest BCUT2D eigenvalue weighted by Gasteiger charge is -2.06. The molecule has 0 saturated carbocycles. The van der Waals surface area contributed by atoms with Gasteiger partial charge in [0.15, 0.2) is 5.75 Å². The summed E-state index contributed by atoms with van der Waals surface area (Å²) in [4.78, 5) is 10.2. The molecule has 0 bridgehead atoms. The Morgan fingerprint density at radius 1 is 1.38 bits per heavy atom. The molecule has 1 aromatic rings. The Labute approximate surface area is 85.1 Å². The first-order valence-electron chi connectivity index (χ1n) is 3.37. The molecule has 69 valence electrons. The van der Waals surface area contributed by atoms with Gasteiger partial charge in [0.2, 0.25) is 6.29 Å². The lowest BCUT2D eigenvalue weighted by Crippen LogP contribution is -2.11. The van der Waals surface area contributed by atoms with Gasteiger partial charge in [0, 0.05) is 0 Å². The number of benzene rings is 1. The van der Waals surface area contributed by atoms with Crippen LogP contribution in [0.3, 0.4) is 0 Å². The highest BCUT2D eigenvalue weighted by Gasteiger charge is 2.11. The molecule has 3 N–H and O–H groups in total. The minimum Gasteiger partial charge on any atom is -0.505 e. The number of rotatable bonds is 2. The van der Waals surface area contributed by atoms with Crippen molar-refractivity contribution in [1.82, 2.24) is 0 Å². The predicted molar refractivity (Wildman–Crippen MR) is 50.7 cm³/mol. The second-order valence-corrected chi connectivity index (χ2v) is 3.24.